The predicted octanol–water partition coefficient (Wildman–Crippen LogP) is 2.27. The van der Waals surface area contributed by atoms with Gasteiger partial charge in [-0.05, 0) is 83.7 Å². The number of rotatable bonds is 8. The minimum absolute atomic E-state index is 0.708. The molecule has 0 amide bonds. The summed E-state index contributed by atoms with van der Waals surface area (Å²) >= 11 is 0. The second-order valence-corrected chi connectivity index (χ2v) is 7.03. The molecule has 1 atom stereocenters. The standard InChI is InChI=1S/C16H35N3/c1-14(2)11-16(12-17)7-10-19(4)13-15-5-8-18(3)9-6-15/h14-16H,5-13,17H2,1-4H3. The van der Waals surface area contributed by atoms with E-state index in [-0.39, 0.29) is 0 Å². The fourth-order valence-corrected chi connectivity index (χ4v) is 3.18. The maximum Gasteiger partial charge on any atom is 0.000756 e. The number of likely N-dealkylation sites (tertiary alicyclic amines) is 1. The zero-order chi connectivity index (χ0) is 14.3. The Bertz CT molecular complexity index is 222. The Kier molecular flexibility index (Phi) is 7.96. The second kappa shape index (κ2) is 8.93. The van der Waals surface area contributed by atoms with Gasteiger partial charge in [-0.3, -0.25) is 0 Å². The third-order valence-corrected chi connectivity index (χ3v) is 4.47. The summed E-state index contributed by atoms with van der Waals surface area (Å²) in [6, 6.07) is 0. The number of nitrogens with zero attached hydrogens (tertiary/aromatic N) is 2. The lowest BCUT2D eigenvalue weighted by Gasteiger charge is -2.32. The summed E-state index contributed by atoms with van der Waals surface area (Å²) in [7, 11) is 4.51. The van der Waals surface area contributed by atoms with E-state index >= 15 is 0 Å². The fourth-order valence-electron chi connectivity index (χ4n) is 3.18. The van der Waals surface area contributed by atoms with Crippen molar-refractivity contribution in [3.63, 3.8) is 0 Å². The molecule has 1 unspecified atom stereocenters. The summed E-state index contributed by atoms with van der Waals surface area (Å²) in [6.45, 7) is 10.5. The molecule has 1 heterocycles. The minimum Gasteiger partial charge on any atom is -0.330 e. The number of nitrogens with two attached hydrogens (primary N) is 1. The van der Waals surface area contributed by atoms with E-state index in [9.17, 15) is 0 Å². The van der Waals surface area contributed by atoms with Crippen LogP contribution in [0.5, 0.6) is 0 Å². The lowest BCUT2D eigenvalue weighted by atomic mass is 9.93. The molecule has 19 heavy (non-hydrogen) atoms. The molecule has 0 aromatic carbocycles. The van der Waals surface area contributed by atoms with Crippen molar-refractivity contribution in [1.82, 2.24) is 9.80 Å². The predicted molar refractivity (Wildman–Crippen MR) is 84.3 cm³/mol. The molecule has 1 fully saturated rings. The highest BCUT2D eigenvalue weighted by Gasteiger charge is 2.18. The van der Waals surface area contributed by atoms with Crippen LogP contribution in [0.15, 0.2) is 0 Å². The Hall–Kier alpha value is -0.120. The molecule has 0 saturated carbocycles. The van der Waals surface area contributed by atoms with Crippen molar-refractivity contribution in [2.24, 2.45) is 23.5 Å². The third kappa shape index (κ3) is 7.28. The van der Waals surface area contributed by atoms with E-state index in [1.165, 1.54) is 51.9 Å². The van der Waals surface area contributed by atoms with Crippen molar-refractivity contribution in [2.75, 3.05) is 46.8 Å². The number of hydrogen-bond donors (Lipinski definition) is 1. The first-order valence-electron chi connectivity index (χ1n) is 8.08. The summed E-state index contributed by atoms with van der Waals surface area (Å²) < 4.78 is 0. The third-order valence-electron chi connectivity index (χ3n) is 4.47. The van der Waals surface area contributed by atoms with Crippen LogP contribution in [-0.4, -0.2) is 56.6 Å². The van der Waals surface area contributed by atoms with Crippen LogP contribution in [-0.2, 0) is 0 Å². The SMILES string of the molecule is CC(C)CC(CN)CCN(C)CC1CCN(C)CC1. The minimum atomic E-state index is 0.708. The van der Waals surface area contributed by atoms with E-state index in [0.29, 0.717) is 5.92 Å². The molecule has 0 aromatic heterocycles. The van der Waals surface area contributed by atoms with Crippen LogP contribution < -0.4 is 5.73 Å². The van der Waals surface area contributed by atoms with Crippen LogP contribution in [0.2, 0.25) is 0 Å². The molecular weight excluding hydrogens is 234 g/mol. The van der Waals surface area contributed by atoms with Crippen molar-refractivity contribution >= 4 is 0 Å². The largest absolute Gasteiger partial charge is 0.330 e. The van der Waals surface area contributed by atoms with Crippen molar-refractivity contribution in [3.05, 3.63) is 0 Å². The lowest BCUT2D eigenvalue weighted by molar-refractivity contribution is 0.171. The summed E-state index contributed by atoms with van der Waals surface area (Å²) in [4.78, 5) is 4.97. The van der Waals surface area contributed by atoms with Gasteiger partial charge >= 0.3 is 0 Å². The van der Waals surface area contributed by atoms with Crippen molar-refractivity contribution < 1.29 is 0 Å². The number of piperidine rings is 1. The number of hydrogen-bond acceptors (Lipinski definition) is 3. The van der Waals surface area contributed by atoms with Gasteiger partial charge in [-0.25, -0.2) is 0 Å². The van der Waals surface area contributed by atoms with Crippen molar-refractivity contribution in [2.45, 2.75) is 39.5 Å². The average Bonchev–Trinajstić information content (AvgIpc) is 2.37. The van der Waals surface area contributed by atoms with Gasteiger partial charge in [-0.2, -0.15) is 0 Å². The monoisotopic (exact) mass is 269 g/mol. The second-order valence-electron chi connectivity index (χ2n) is 7.03. The van der Waals surface area contributed by atoms with Gasteiger partial charge in [-0.15, -0.1) is 0 Å². The average molecular weight is 269 g/mol. The zero-order valence-corrected chi connectivity index (χ0v) is 13.6. The van der Waals surface area contributed by atoms with Gasteiger partial charge in [0.1, 0.15) is 0 Å². The normalized spacial score (nSPS) is 20.4. The van der Waals surface area contributed by atoms with Crippen LogP contribution in [0, 0.1) is 17.8 Å². The summed E-state index contributed by atoms with van der Waals surface area (Å²) in [5, 5.41) is 0. The van der Waals surface area contributed by atoms with Crippen LogP contribution in [0.25, 0.3) is 0 Å². The van der Waals surface area contributed by atoms with Gasteiger partial charge in [-0.1, -0.05) is 13.8 Å². The first-order valence-corrected chi connectivity index (χ1v) is 8.08. The maximum absolute atomic E-state index is 5.88. The van der Waals surface area contributed by atoms with E-state index in [1.807, 2.05) is 0 Å². The van der Waals surface area contributed by atoms with Gasteiger partial charge in [0.25, 0.3) is 0 Å². The smallest absolute Gasteiger partial charge is 0.000756 e. The molecule has 1 aliphatic rings. The first-order chi connectivity index (χ1) is 9.01. The molecule has 0 aromatic rings. The Morgan fingerprint density at radius 1 is 1.26 bits per heavy atom. The summed E-state index contributed by atoms with van der Waals surface area (Å²) in [5.74, 6) is 2.38. The Morgan fingerprint density at radius 3 is 2.42 bits per heavy atom. The molecular formula is C16H35N3. The molecule has 1 rings (SSSR count). The molecule has 2 N–H and O–H groups in total. The molecule has 0 spiro atoms. The molecule has 1 saturated heterocycles. The highest BCUT2D eigenvalue weighted by Crippen LogP contribution is 2.18. The molecule has 3 nitrogen and oxygen atoms in total. The van der Waals surface area contributed by atoms with Gasteiger partial charge in [0.2, 0.25) is 0 Å². The molecule has 1 aliphatic heterocycles. The Balaban J connectivity index is 2.17. The summed E-state index contributed by atoms with van der Waals surface area (Å²) in [5.41, 5.74) is 5.88. The zero-order valence-electron chi connectivity index (χ0n) is 13.6. The fraction of sp³-hybridized carbons (Fsp3) is 1.00. The highest BCUT2D eigenvalue weighted by molar-refractivity contribution is 4.73. The van der Waals surface area contributed by atoms with Crippen LogP contribution >= 0.6 is 0 Å². The van der Waals surface area contributed by atoms with E-state index < -0.39 is 0 Å². The van der Waals surface area contributed by atoms with E-state index in [1.54, 1.807) is 0 Å². The maximum atomic E-state index is 5.88. The Labute approximate surface area is 120 Å². The molecule has 0 radical (unpaired) electrons. The molecule has 114 valence electrons. The quantitative estimate of drug-likeness (QED) is 0.734. The van der Waals surface area contributed by atoms with Crippen LogP contribution in [0.1, 0.15) is 39.5 Å². The highest BCUT2D eigenvalue weighted by atomic mass is 15.1. The van der Waals surface area contributed by atoms with Crippen LogP contribution in [0.3, 0.4) is 0 Å². The lowest BCUT2D eigenvalue weighted by Crippen LogP contribution is -2.36. The molecule has 0 bridgehead atoms. The molecule has 3 heteroatoms. The first kappa shape index (κ1) is 16.9. The summed E-state index contributed by atoms with van der Waals surface area (Å²) in [6.07, 6.45) is 5.27. The van der Waals surface area contributed by atoms with Crippen molar-refractivity contribution in [1.29, 1.82) is 0 Å². The topological polar surface area (TPSA) is 32.5 Å². The van der Waals surface area contributed by atoms with E-state index in [4.69, 9.17) is 5.73 Å². The van der Waals surface area contributed by atoms with Gasteiger partial charge in [0.15, 0.2) is 0 Å². The van der Waals surface area contributed by atoms with Crippen molar-refractivity contribution in [3.8, 4) is 0 Å². The van der Waals surface area contributed by atoms with Gasteiger partial charge in [0, 0.05) is 6.54 Å². The van der Waals surface area contributed by atoms with Gasteiger partial charge in [0.05, 0.1) is 0 Å². The molecule has 0 aliphatic carbocycles. The van der Waals surface area contributed by atoms with E-state index in [0.717, 1.165) is 18.4 Å². The Morgan fingerprint density at radius 2 is 1.89 bits per heavy atom. The van der Waals surface area contributed by atoms with Crippen LogP contribution in [0.4, 0.5) is 0 Å². The van der Waals surface area contributed by atoms with E-state index in [2.05, 4.69) is 37.7 Å². The van der Waals surface area contributed by atoms with Gasteiger partial charge < -0.3 is 15.5 Å².